The summed E-state index contributed by atoms with van der Waals surface area (Å²) in [4.78, 5) is 76.6. The number of ether oxygens (including phenoxy) is 3. The van der Waals surface area contributed by atoms with Crippen molar-refractivity contribution in [2.45, 2.75) is 76.5 Å². The number of benzene rings is 2. The van der Waals surface area contributed by atoms with Gasteiger partial charge >= 0.3 is 12.2 Å². The van der Waals surface area contributed by atoms with Crippen LogP contribution in [0.4, 0.5) is 9.59 Å². The SMILES string of the molecule is COC(=O)N[C@H](C(=O)N1CCC[C@H]1c1nc(-c2ccc3cc(-c4ccc(-c5cnc([C@@H]6CCCN6C(=O)[C@@H](NC(=O)OC)C6CCOCC6)[nH]5)nc4)ccc3c2)c[nH]1)C(C)C. The molecule has 0 spiro atoms. The van der Waals surface area contributed by atoms with Crippen LogP contribution in [-0.2, 0) is 23.8 Å². The minimum atomic E-state index is -0.696. The Bertz CT molecular complexity index is 2370. The average molecular weight is 832 g/mol. The molecule has 5 aromatic rings. The van der Waals surface area contributed by atoms with Crippen molar-refractivity contribution >= 4 is 34.8 Å². The van der Waals surface area contributed by atoms with Gasteiger partial charge in [0, 0.05) is 49.8 Å². The van der Waals surface area contributed by atoms with Crippen molar-refractivity contribution in [3.8, 4) is 33.8 Å². The fraction of sp³-hybridized carbons (Fsp3) is 0.444. The molecule has 0 saturated carbocycles. The molecule has 4 amide bonds. The Morgan fingerprint density at radius 2 is 1.38 bits per heavy atom. The maximum atomic E-state index is 14.0. The van der Waals surface area contributed by atoms with Crippen LogP contribution in [0.2, 0.25) is 0 Å². The number of likely N-dealkylation sites (tertiary alicyclic amines) is 2. The summed E-state index contributed by atoms with van der Waals surface area (Å²) in [5.41, 5.74) is 5.23. The fourth-order valence-corrected chi connectivity index (χ4v) is 8.90. The van der Waals surface area contributed by atoms with Gasteiger partial charge in [0.05, 0.1) is 49.6 Å². The van der Waals surface area contributed by atoms with Crippen LogP contribution < -0.4 is 10.6 Å². The highest BCUT2D eigenvalue weighted by Gasteiger charge is 2.41. The van der Waals surface area contributed by atoms with E-state index in [1.54, 1.807) is 6.20 Å². The average Bonchev–Trinajstić information content (AvgIpc) is 4.14. The zero-order valence-electron chi connectivity index (χ0n) is 35.0. The second-order valence-electron chi connectivity index (χ2n) is 16.4. The van der Waals surface area contributed by atoms with Gasteiger partial charge in [-0.3, -0.25) is 14.6 Å². The van der Waals surface area contributed by atoms with E-state index in [9.17, 15) is 19.2 Å². The maximum Gasteiger partial charge on any atom is 0.407 e. The number of hydrogen-bond acceptors (Lipinski definition) is 10. The lowest BCUT2D eigenvalue weighted by atomic mass is 9.90. The number of carbonyl (C=O) groups excluding carboxylic acids is 4. The fourth-order valence-electron chi connectivity index (χ4n) is 8.90. The van der Waals surface area contributed by atoms with Gasteiger partial charge in [-0.25, -0.2) is 19.6 Å². The number of methoxy groups -OCH3 is 2. The van der Waals surface area contributed by atoms with Crippen molar-refractivity contribution < 1.29 is 33.4 Å². The van der Waals surface area contributed by atoms with Gasteiger partial charge in [0.25, 0.3) is 0 Å². The number of alkyl carbamates (subject to hydrolysis) is 2. The quantitative estimate of drug-likeness (QED) is 0.113. The first-order chi connectivity index (χ1) is 29.6. The Kier molecular flexibility index (Phi) is 12.3. The Balaban J connectivity index is 0.935. The molecule has 3 aliphatic rings. The summed E-state index contributed by atoms with van der Waals surface area (Å²) in [6.07, 6.45) is 8.83. The molecule has 3 fully saturated rings. The molecule has 8 rings (SSSR count). The number of aromatic nitrogens is 5. The highest BCUT2D eigenvalue weighted by molar-refractivity contribution is 5.91. The van der Waals surface area contributed by atoms with Crippen LogP contribution in [0, 0.1) is 11.8 Å². The highest BCUT2D eigenvalue weighted by Crippen LogP contribution is 2.36. The van der Waals surface area contributed by atoms with E-state index in [0.717, 1.165) is 76.1 Å². The molecule has 16 nitrogen and oxygen atoms in total. The van der Waals surface area contributed by atoms with Gasteiger partial charge in [-0.15, -0.1) is 0 Å². The molecule has 16 heteroatoms. The predicted octanol–water partition coefficient (Wildman–Crippen LogP) is 6.54. The largest absolute Gasteiger partial charge is 0.453 e. The van der Waals surface area contributed by atoms with Crippen molar-refractivity contribution in [2.24, 2.45) is 11.8 Å². The van der Waals surface area contributed by atoms with E-state index in [1.165, 1.54) is 14.2 Å². The molecule has 0 radical (unpaired) electrons. The third kappa shape index (κ3) is 8.81. The molecule has 0 aliphatic carbocycles. The van der Waals surface area contributed by atoms with Crippen LogP contribution in [0.25, 0.3) is 44.5 Å². The van der Waals surface area contributed by atoms with Crippen LogP contribution in [0.15, 0.2) is 67.1 Å². The number of amides is 4. The maximum absolute atomic E-state index is 14.0. The molecule has 3 aromatic heterocycles. The first kappa shape index (κ1) is 41.4. The molecule has 320 valence electrons. The Labute approximate surface area is 354 Å². The molecule has 2 aromatic carbocycles. The minimum absolute atomic E-state index is 0.0366. The number of pyridine rings is 1. The molecule has 0 bridgehead atoms. The van der Waals surface area contributed by atoms with Gasteiger partial charge in [-0.1, -0.05) is 44.2 Å². The van der Waals surface area contributed by atoms with E-state index in [1.807, 2.05) is 48.2 Å². The van der Waals surface area contributed by atoms with Gasteiger partial charge in [0.2, 0.25) is 11.8 Å². The van der Waals surface area contributed by atoms with Gasteiger partial charge in [-0.2, -0.15) is 0 Å². The Hall–Kier alpha value is -6.29. The van der Waals surface area contributed by atoms with Crippen LogP contribution >= 0.6 is 0 Å². The van der Waals surface area contributed by atoms with E-state index in [-0.39, 0.29) is 35.7 Å². The second-order valence-corrected chi connectivity index (χ2v) is 16.4. The second kappa shape index (κ2) is 18.1. The van der Waals surface area contributed by atoms with Crippen molar-refractivity contribution in [2.75, 3.05) is 40.5 Å². The van der Waals surface area contributed by atoms with Crippen LogP contribution in [0.3, 0.4) is 0 Å². The summed E-state index contributed by atoms with van der Waals surface area (Å²) in [5, 5.41) is 7.64. The molecule has 3 aliphatic heterocycles. The first-order valence-electron chi connectivity index (χ1n) is 21.1. The summed E-state index contributed by atoms with van der Waals surface area (Å²) in [6, 6.07) is 14.7. The molecule has 4 atom stereocenters. The van der Waals surface area contributed by atoms with Gasteiger partial charge < -0.3 is 44.6 Å². The van der Waals surface area contributed by atoms with Gasteiger partial charge in [-0.05, 0) is 84.9 Å². The molecule has 61 heavy (non-hydrogen) atoms. The summed E-state index contributed by atoms with van der Waals surface area (Å²) in [5.74, 6) is 0.994. The van der Waals surface area contributed by atoms with E-state index in [2.05, 4.69) is 57.0 Å². The summed E-state index contributed by atoms with van der Waals surface area (Å²) in [7, 11) is 2.59. The number of nitrogens with one attached hydrogen (secondary N) is 4. The molecule has 4 N–H and O–H groups in total. The van der Waals surface area contributed by atoms with Crippen molar-refractivity contribution in [1.82, 2.24) is 45.4 Å². The predicted molar refractivity (Wildman–Crippen MR) is 227 cm³/mol. The molecule has 3 saturated heterocycles. The van der Waals surface area contributed by atoms with Crippen molar-refractivity contribution in [1.29, 1.82) is 0 Å². The standard InChI is InChI=1S/C45H53N9O7/c1-26(2)38(51-44(57)59-3)42(55)53-17-5-7-36(53)40-47-24-34(49-40)31-12-11-28-21-30(10-9-29(28)22-31)32-13-14-33(46-23-32)35-25-48-41(50-35)37-8-6-18-54(37)43(56)39(52-45(58)60-4)27-15-19-61-20-16-27/h9-14,21-27,36-39H,5-8,15-20H2,1-4H3,(H,47,49)(H,48,50)(H,51,57)(H,52,58)/t36-,37-,38-,39-/m0/s1. The lowest BCUT2D eigenvalue weighted by Gasteiger charge is -2.34. The summed E-state index contributed by atoms with van der Waals surface area (Å²) in [6.45, 7) is 6.08. The number of fused-ring (bicyclic) bond motifs is 1. The summed E-state index contributed by atoms with van der Waals surface area (Å²) < 4.78 is 15.1. The number of rotatable bonds is 11. The lowest BCUT2D eigenvalue weighted by Crippen LogP contribution is -2.53. The number of carbonyl (C=O) groups is 4. The zero-order valence-corrected chi connectivity index (χ0v) is 35.0. The number of H-pyrrole nitrogens is 2. The molecule has 0 unspecified atom stereocenters. The number of imidazole rings is 2. The minimum Gasteiger partial charge on any atom is -0.453 e. The van der Waals surface area contributed by atoms with Crippen molar-refractivity contribution in [3.63, 3.8) is 0 Å². The van der Waals surface area contributed by atoms with E-state index >= 15 is 0 Å². The molecular formula is C45H53N9O7. The zero-order chi connectivity index (χ0) is 42.6. The highest BCUT2D eigenvalue weighted by atomic mass is 16.5. The smallest absolute Gasteiger partial charge is 0.407 e. The van der Waals surface area contributed by atoms with E-state index in [0.29, 0.717) is 45.0 Å². The number of aromatic amines is 2. The third-order valence-corrected chi connectivity index (χ3v) is 12.3. The van der Waals surface area contributed by atoms with Gasteiger partial charge in [0.15, 0.2) is 0 Å². The molecule has 6 heterocycles. The Morgan fingerprint density at radius 1 is 0.738 bits per heavy atom. The monoisotopic (exact) mass is 831 g/mol. The topological polar surface area (TPSA) is 197 Å². The molecular weight excluding hydrogens is 779 g/mol. The van der Waals surface area contributed by atoms with E-state index in [4.69, 9.17) is 29.2 Å². The lowest BCUT2D eigenvalue weighted by molar-refractivity contribution is -0.137. The number of hydrogen-bond donors (Lipinski definition) is 4. The summed E-state index contributed by atoms with van der Waals surface area (Å²) >= 11 is 0. The first-order valence-corrected chi connectivity index (χ1v) is 21.1. The van der Waals surface area contributed by atoms with E-state index < -0.39 is 24.3 Å². The van der Waals surface area contributed by atoms with Gasteiger partial charge in [0.1, 0.15) is 23.7 Å². The van der Waals surface area contributed by atoms with Crippen LogP contribution in [-0.4, -0.2) is 111 Å². The Morgan fingerprint density at radius 3 is 2.05 bits per heavy atom. The van der Waals surface area contributed by atoms with Crippen molar-refractivity contribution in [3.05, 3.63) is 78.8 Å². The van der Waals surface area contributed by atoms with Crippen LogP contribution in [0.5, 0.6) is 0 Å². The third-order valence-electron chi connectivity index (χ3n) is 12.3. The normalized spacial score (nSPS) is 19.2. The number of nitrogens with zero attached hydrogens (tertiary/aromatic N) is 5. The van der Waals surface area contributed by atoms with Crippen LogP contribution in [0.1, 0.15) is 76.1 Å².